The average Bonchev–Trinajstić information content (AvgIpc) is 2.75. The van der Waals surface area contributed by atoms with Crippen LogP contribution >= 0.6 is 0 Å². The number of hydrogen-bond acceptors (Lipinski definition) is 4. The molecule has 120 valence electrons. The molecule has 0 aliphatic rings. The van der Waals surface area contributed by atoms with E-state index in [1.54, 1.807) is 0 Å². The summed E-state index contributed by atoms with van der Waals surface area (Å²) in [4.78, 5) is 35.1. The van der Waals surface area contributed by atoms with Crippen molar-refractivity contribution in [2.24, 2.45) is 5.73 Å². The summed E-state index contributed by atoms with van der Waals surface area (Å²) in [5.41, 5.74) is 4.38. The van der Waals surface area contributed by atoms with Gasteiger partial charge in [0.15, 0.2) is 5.78 Å². The minimum Gasteiger partial charge on any atom is -0.444 e. The Morgan fingerprint density at radius 1 is 1.17 bits per heavy atom. The van der Waals surface area contributed by atoms with Gasteiger partial charge in [-0.2, -0.15) is 0 Å². The number of carbonyl (C=O) groups excluding carboxylic acids is 3. The van der Waals surface area contributed by atoms with E-state index in [0.717, 1.165) is 12.1 Å². The molecule has 1 heterocycles. The molecule has 2 amide bonds. The van der Waals surface area contributed by atoms with Crippen LogP contribution in [0.25, 0.3) is 0 Å². The summed E-state index contributed by atoms with van der Waals surface area (Å²) in [6.45, 7) is 2.62. The smallest absolute Gasteiger partial charge is 0.260 e. The van der Waals surface area contributed by atoms with Crippen LogP contribution in [0.1, 0.15) is 43.8 Å². The molecule has 0 saturated carbocycles. The number of halogens is 2. The fraction of sp³-hybridized carbons (Fsp3) is 0.133. The zero-order valence-corrected chi connectivity index (χ0v) is 12.2. The van der Waals surface area contributed by atoms with E-state index in [1.807, 2.05) is 0 Å². The molecule has 0 radical (unpaired) electrons. The van der Waals surface area contributed by atoms with Crippen molar-refractivity contribution in [3.8, 4) is 0 Å². The fourth-order valence-electron chi connectivity index (χ4n) is 2.14. The second-order valence-electron chi connectivity index (χ2n) is 4.74. The number of nitrogens with two attached hydrogens (primary N) is 1. The largest absolute Gasteiger partial charge is 0.444 e. The van der Waals surface area contributed by atoms with E-state index in [0.29, 0.717) is 6.07 Å². The number of hydrogen-bond donors (Lipinski definition) is 2. The number of carbonyl (C=O) groups is 3. The highest BCUT2D eigenvalue weighted by atomic mass is 19.1. The van der Waals surface area contributed by atoms with Gasteiger partial charge in [0.2, 0.25) is 5.88 Å². The lowest BCUT2D eigenvalue weighted by Gasteiger charge is -2.05. The Kier molecular flexibility index (Phi) is 4.26. The van der Waals surface area contributed by atoms with Crippen molar-refractivity contribution in [2.45, 2.75) is 13.8 Å². The Morgan fingerprint density at radius 3 is 2.35 bits per heavy atom. The molecule has 0 saturated heterocycles. The number of Topliss-reactive ketones (excluding diaryl/α,β-unsaturated/α-hetero) is 1. The summed E-state index contributed by atoms with van der Waals surface area (Å²) >= 11 is 0. The number of primary amides is 1. The van der Waals surface area contributed by atoms with E-state index < -0.39 is 34.8 Å². The van der Waals surface area contributed by atoms with Gasteiger partial charge in [-0.3, -0.25) is 19.7 Å². The first kappa shape index (κ1) is 16.3. The molecule has 6 nitrogen and oxygen atoms in total. The van der Waals surface area contributed by atoms with Crippen molar-refractivity contribution in [2.75, 3.05) is 5.32 Å². The van der Waals surface area contributed by atoms with E-state index in [-0.39, 0.29) is 22.8 Å². The molecule has 0 bridgehead atoms. The van der Waals surface area contributed by atoms with E-state index >= 15 is 0 Å². The maximum Gasteiger partial charge on any atom is 0.260 e. The molecule has 0 aliphatic carbocycles. The van der Waals surface area contributed by atoms with E-state index in [1.165, 1.54) is 13.8 Å². The number of nitrogens with one attached hydrogen (secondary N) is 1. The number of benzene rings is 1. The van der Waals surface area contributed by atoms with Crippen LogP contribution < -0.4 is 11.1 Å². The quantitative estimate of drug-likeness (QED) is 0.844. The third-order valence-corrected chi connectivity index (χ3v) is 3.09. The maximum absolute atomic E-state index is 13.6. The second kappa shape index (κ2) is 5.99. The molecule has 8 heteroatoms. The van der Waals surface area contributed by atoms with Crippen molar-refractivity contribution in [1.82, 2.24) is 0 Å². The van der Waals surface area contributed by atoms with Gasteiger partial charge in [-0.25, -0.2) is 8.78 Å². The summed E-state index contributed by atoms with van der Waals surface area (Å²) in [6.07, 6.45) is 0. The SMILES string of the molecule is CC(=O)c1c(C)oc(NC(=O)c2ccc(F)cc2F)c1C(N)=O. The van der Waals surface area contributed by atoms with Crippen LogP contribution in [-0.4, -0.2) is 17.6 Å². The molecule has 1 aromatic carbocycles. The summed E-state index contributed by atoms with van der Waals surface area (Å²) in [5.74, 6) is -4.65. The molecular weight excluding hydrogens is 310 g/mol. The standard InChI is InChI=1S/C15H12F2N2O4/c1-6(20)11-7(2)23-15(12(11)13(18)21)19-14(22)9-4-3-8(16)5-10(9)17/h3-5H,1-2H3,(H2,18,21)(H,19,22). The van der Waals surface area contributed by atoms with Crippen LogP contribution in [0.5, 0.6) is 0 Å². The topological polar surface area (TPSA) is 102 Å². The van der Waals surface area contributed by atoms with Crippen LogP contribution in [0.3, 0.4) is 0 Å². The van der Waals surface area contributed by atoms with E-state index in [9.17, 15) is 23.2 Å². The van der Waals surface area contributed by atoms with Crippen LogP contribution in [0, 0.1) is 18.6 Å². The molecule has 2 aromatic rings. The van der Waals surface area contributed by atoms with Gasteiger partial charge < -0.3 is 10.2 Å². The molecule has 23 heavy (non-hydrogen) atoms. The first-order valence-corrected chi connectivity index (χ1v) is 6.43. The maximum atomic E-state index is 13.6. The zero-order chi connectivity index (χ0) is 17.3. The zero-order valence-electron chi connectivity index (χ0n) is 12.2. The predicted octanol–water partition coefficient (Wildman–Crippen LogP) is 2.42. The van der Waals surface area contributed by atoms with Gasteiger partial charge in [0.25, 0.3) is 11.8 Å². The van der Waals surface area contributed by atoms with Gasteiger partial charge in [0.1, 0.15) is 23.0 Å². The number of rotatable bonds is 4. The third-order valence-electron chi connectivity index (χ3n) is 3.09. The third kappa shape index (κ3) is 3.10. The summed E-state index contributed by atoms with van der Waals surface area (Å²) in [6, 6.07) is 2.38. The Morgan fingerprint density at radius 2 is 1.83 bits per heavy atom. The highest BCUT2D eigenvalue weighted by molar-refractivity contribution is 6.13. The average molecular weight is 322 g/mol. The Balaban J connectivity index is 2.44. The Bertz CT molecular complexity index is 827. The lowest BCUT2D eigenvalue weighted by molar-refractivity contribution is 0.0974. The molecule has 0 fully saturated rings. The monoisotopic (exact) mass is 322 g/mol. The Labute approximate surface area is 129 Å². The number of ketones is 1. The molecule has 0 spiro atoms. The fourth-order valence-corrected chi connectivity index (χ4v) is 2.14. The van der Waals surface area contributed by atoms with E-state index in [2.05, 4.69) is 5.32 Å². The lowest BCUT2D eigenvalue weighted by atomic mass is 10.1. The minimum atomic E-state index is -1.09. The minimum absolute atomic E-state index is 0.0626. The second-order valence-corrected chi connectivity index (χ2v) is 4.74. The Hall–Kier alpha value is -3.03. The number of amides is 2. The molecule has 0 aliphatic heterocycles. The highest BCUT2D eigenvalue weighted by Crippen LogP contribution is 2.28. The van der Waals surface area contributed by atoms with Gasteiger partial charge in [-0.1, -0.05) is 0 Å². The van der Waals surface area contributed by atoms with Crippen LogP contribution in [0.2, 0.25) is 0 Å². The van der Waals surface area contributed by atoms with Gasteiger partial charge in [-0.15, -0.1) is 0 Å². The van der Waals surface area contributed by atoms with Gasteiger partial charge in [-0.05, 0) is 26.0 Å². The molecular formula is C15H12F2N2O4. The molecule has 2 rings (SSSR count). The van der Waals surface area contributed by atoms with Crippen molar-refractivity contribution in [3.63, 3.8) is 0 Å². The summed E-state index contributed by atoms with van der Waals surface area (Å²) in [7, 11) is 0. The highest BCUT2D eigenvalue weighted by Gasteiger charge is 2.27. The number of aryl methyl sites for hydroxylation is 1. The van der Waals surface area contributed by atoms with Crippen LogP contribution in [-0.2, 0) is 0 Å². The van der Waals surface area contributed by atoms with Crippen molar-refractivity contribution in [1.29, 1.82) is 0 Å². The van der Waals surface area contributed by atoms with Crippen LogP contribution in [0.15, 0.2) is 22.6 Å². The molecule has 0 atom stereocenters. The molecule has 3 N–H and O–H groups in total. The van der Waals surface area contributed by atoms with Gasteiger partial charge >= 0.3 is 0 Å². The summed E-state index contributed by atoms with van der Waals surface area (Å²) in [5, 5.41) is 2.16. The first-order chi connectivity index (χ1) is 10.7. The summed E-state index contributed by atoms with van der Waals surface area (Å²) < 4.78 is 31.6. The van der Waals surface area contributed by atoms with Gasteiger partial charge in [0, 0.05) is 6.07 Å². The molecule has 0 unspecified atom stereocenters. The van der Waals surface area contributed by atoms with Crippen molar-refractivity contribution < 1.29 is 27.6 Å². The van der Waals surface area contributed by atoms with Crippen molar-refractivity contribution in [3.05, 3.63) is 52.3 Å². The van der Waals surface area contributed by atoms with Crippen LogP contribution in [0.4, 0.5) is 14.7 Å². The van der Waals surface area contributed by atoms with Crippen molar-refractivity contribution >= 4 is 23.5 Å². The lowest BCUT2D eigenvalue weighted by Crippen LogP contribution is -2.19. The number of furan rings is 1. The molecule has 1 aromatic heterocycles. The predicted molar refractivity (Wildman–Crippen MR) is 76.3 cm³/mol. The van der Waals surface area contributed by atoms with E-state index in [4.69, 9.17) is 10.2 Å². The number of anilines is 1. The first-order valence-electron chi connectivity index (χ1n) is 6.43. The normalized spacial score (nSPS) is 10.4. The van der Waals surface area contributed by atoms with Gasteiger partial charge in [0.05, 0.1) is 11.1 Å².